The van der Waals surface area contributed by atoms with E-state index in [0.29, 0.717) is 28.9 Å². The van der Waals surface area contributed by atoms with Gasteiger partial charge in [0.1, 0.15) is 38.8 Å². The molecule has 0 radical (unpaired) electrons. The maximum Gasteiger partial charge on any atom is 0.352 e. The Morgan fingerprint density at radius 1 is 1.30 bits per heavy atom. The van der Waals surface area contributed by atoms with Crippen molar-refractivity contribution in [3.05, 3.63) is 106 Å². The SMILES string of the molecule is C=CCC(=N)c1ccc(CN2C=CN3C2=CC=CC3C(O)CCC2=C(C(=O)O)N3C(=O)[C@@H](NC(=O)/C(=N\OC(C)(C)C(=O)O)c4nc(N)sc4Cl)[C@H]3SC2)c(F)c1. The smallest absolute Gasteiger partial charge is 0.352 e. The number of halogens is 2. The number of fused-ring (bicyclic) bond motifs is 2. The number of carboxylic acids is 2. The quantitative estimate of drug-likeness (QED) is 0.0608. The molecule has 57 heavy (non-hydrogen) atoms. The zero-order chi connectivity index (χ0) is 41.3. The highest BCUT2D eigenvalue weighted by Gasteiger charge is 2.54. The summed E-state index contributed by atoms with van der Waals surface area (Å²) in [6, 6.07) is 2.97. The van der Waals surface area contributed by atoms with E-state index in [1.165, 1.54) is 31.7 Å². The van der Waals surface area contributed by atoms with E-state index in [4.69, 9.17) is 27.6 Å². The van der Waals surface area contributed by atoms with Crippen LogP contribution in [0.25, 0.3) is 0 Å². The van der Waals surface area contributed by atoms with Crippen LogP contribution >= 0.6 is 34.7 Å². The monoisotopic (exact) mass is 840 g/mol. The summed E-state index contributed by atoms with van der Waals surface area (Å²) in [5.74, 6) is -3.98. The standard InChI is InChI=1S/C37H38ClFN8O8S2/c1-4-6-22(40)18-9-10-19(21(39)15-18)16-45-13-14-46-23(7-5-8-25(45)46)24(48)12-11-20-17-56-33-28(32(50)47(33)29(20)34(51)52)42-31(49)27(26-30(38)57-36(41)43-26)44-55-37(2,3)35(53)54/h4-5,7-10,13-15,23-24,28,33,40,48H,1,6,11-12,16-17H2,2-3H3,(H2,41,43)(H,42,49)(H,51,52)(H,53,54)/b40-22?,44-27-/t23?,24?,28-,33-/m1/s1. The van der Waals surface area contributed by atoms with Crippen LogP contribution in [0.15, 0.2) is 83.7 Å². The van der Waals surface area contributed by atoms with Crippen molar-refractivity contribution in [1.82, 2.24) is 25.0 Å². The van der Waals surface area contributed by atoms with Crippen molar-refractivity contribution in [3.8, 4) is 0 Å². The maximum absolute atomic E-state index is 15.1. The van der Waals surface area contributed by atoms with Gasteiger partial charge < -0.3 is 46.4 Å². The van der Waals surface area contributed by atoms with E-state index >= 15 is 4.39 Å². The van der Waals surface area contributed by atoms with Crippen molar-refractivity contribution in [2.45, 2.75) is 68.8 Å². The summed E-state index contributed by atoms with van der Waals surface area (Å²) >= 11 is 8.28. The summed E-state index contributed by atoms with van der Waals surface area (Å²) in [6.07, 6.45) is 10.2. The number of carboxylic acid groups (broad SMARTS) is 2. The number of β-lactam (4-membered cyclic amide) rings is 1. The third-order valence-corrected chi connectivity index (χ3v) is 11.9. The predicted molar refractivity (Wildman–Crippen MR) is 211 cm³/mol. The number of anilines is 1. The van der Waals surface area contributed by atoms with E-state index in [0.717, 1.165) is 16.2 Å². The van der Waals surface area contributed by atoms with Crippen molar-refractivity contribution in [3.63, 3.8) is 0 Å². The number of thioether (sulfide) groups is 1. The number of allylic oxidation sites excluding steroid dienone is 3. The number of rotatable bonds is 16. The normalized spacial score (nSPS) is 20.8. The van der Waals surface area contributed by atoms with Gasteiger partial charge in [-0.25, -0.2) is 19.0 Å². The number of thiazole rings is 1. The largest absolute Gasteiger partial charge is 0.478 e. The fourth-order valence-electron chi connectivity index (χ4n) is 6.42. The number of aliphatic hydroxyl groups is 1. The van der Waals surface area contributed by atoms with Crippen molar-refractivity contribution in [2.24, 2.45) is 5.16 Å². The summed E-state index contributed by atoms with van der Waals surface area (Å²) in [5.41, 5.74) is 4.51. The lowest BCUT2D eigenvalue weighted by Crippen LogP contribution is -2.71. The van der Waals surface area contributed by atoms with Gasteiger partial charge >= 0.3 is 11.9 Å². The number of aliphatic hydroxyl groups excluding tert-OH is 1. The molecule has 20 heteroatoms. The molecule has 7 N–H and O–H groups in total. The Balaban J connectivity index is 1.10. The molecule has 1 saturated heterocycles. The van der Waals surface area contributed by atoms with E-state index < -0.39 is 64.4 Å². The molecule has 300 valence electrons. The van der Waals surface area contributed by atoms with Crippen LogP contribution in [-0.2, 0) is 30.6 Å². The zero-order valence-electron chi connectivity index (χ0n) is 30.5. The topological polar surface area (TPSA) is 235 Å². The highest BCUT2D eigenvalue weighted by Crippen LogP contribution is 2.42. The van der Waals surface area contributed by atoms with Gasteiger partial charge in [0.15, 0.2) is 10.8 Å². The molecule has 1 fully saturated rings. The lowest BCUT2D eigenvalue weighted by atomic mass is 9.96. The van der Waals surface area contributed by atoms with Gasteiger partial charge in [-0.2, -0.15) is 0 Å². The number of nitrogens with one attached hydrogen (secondary N) is 2. The van der Waals surface area contributed by atoms with Gasteiger partial charge in [-0.15, -0.1) is 18.3 Å². The number of hydrogen-bond donors (Lipinski definition) is 6. The zero-order valence-corrected chi connectivity index (χ0v) is 32.9. The fourth-order valence-corrected chi connectivity index (χ4v) is 8.74. The minimum atomic E-state index is -1.85. The van der Waals surface area contributed by atoms with E-state index in [1.54, 1.807) is 36.7 Å². The first-order valence-corrected chi connectivity index (χ1v) is 19.7. The summed E-state index contributed by atoms with van der Waals surface area (Å²) in [6.45, 7) is 6.24. The molecule has 4 atom stereocenters. The predicted octanol–water partition coefficient (Wildman–Crippen LogP) is 3.99. The lowest BCUT2D eigenvalue weighted by molar-refractivity contribution is -0.161. The number of hydrogen-bond acceptors (Lipinski definition) is 14. The Morgan fingerprint density at radius 2 is 2.05 bits per heavy atom. The number of aromatic nitrogens is 1. The first-order chi connectivity index (χ1) is 27.0. The van der Waals surface area contributed by atoms with Crippen LogP contribution in [-0.4, -0.2) is 105 Å². The summed E-state index contributed by atoms with van der Waals surface area (Å²) in [7, 11) is 0. The van der Waals surface area contributed by atoms with Gasteiger partial charge in [0.25, 0.3) is 11.8 Å². The summed E-state index contributed by atoms with van der Waals surface area (Å²) in [5, 5.41) is 44.6. The molecule has 2 amide bonds. The number of oxime groups is 1. The van der Waals surface area contributed by atoms with Crippen LogP contribution < -0.4 is 11.1 Å². The molecule has 4 aliphatic heterocycles. The fraction of sp³-hybridized carbons (Fsp3) is 0.324. The number of nitrogens with zero attached hydrogens (tertiary/aromatic N) is 5. The van der Waals surface area contributed by atoms with Crippen molar-refractivity contribution in [2.75, 3.05) is 11.5 Å². The first-order valence-electron chi connectivity index (χ1n) is 17.4. The van der Waals surface area contributed by atoms with Gasteiger partial charge in [-0.05, 0) is 50.0 Å². The van der Waals surface area contributed by atoms with E-state index in [-0.39, 0.29) is 51.7 Å². The van der Waals surface area contributed by atoms with Gasteiger partial charge in [-0.3, -0.25) is 14.5 Å². The van der Waals surface area contributed by atoms with Gasteiger partial charge in [0.2, 0.25) is 5.60 Å². The molecule has 2 aromatic rings. The highest BCUT2D eigenvalue weighted by atomic mass is 35.5. The van der Waals surface area contributed by atoms with Crippen LogP contribution in [0.1, 0.15) is 49.9 Å². The molecule has 6 rings (SSSR count). The van der Waals surface area contributed by atoms with Crippen LogP contribution in [0, 0.1) is 11.2 Å². The second-order valence-corrected chi connectivity index (χ2v) is 16.5. The molecule has 0 aliphatic carbocycles. The molecule has 16 nitrogen and oxygen atoms in total. The second kappa shape index (κ2) is 16.5. The average molecular weight is 841 g/mol. The molecule has 1 aromatic heterocycles. The Labute approximate surface area is 339 Å². The molecule has 1 aromatic carbocycles. The second-order valence-electron chi connectivity index (χ2n) is 13.8. The first kappa shape index (κ1) is 41.1. The average Bonchev–Trinajstić information content (AvgIpc) is 3.73. The third-order valence-electron chi connectivity index (χ3n) is 9.53. The number of benzene rings is 1. The van der Waals surface area contributed by atoms with Crippen LogP contribution in [0.3, 0.4) is 0 Å². The molecule has 0 spiro atoms. The van der Waals surface area contributed by atoms with Crippen LogP contribution in [0.4, 0.5) is 9.52 Å². The molecule has 4 aliphatic rings. The minimum Gasteiger partial charge on any atom is -0.478 e. The van der Waals surface area contributed by atoms with E-state index in [1.807, 2.05) is 22.0 Å². The number of amides is 2. The number of nitrogen functional groups attached to an aromatic ring is 1. The molecule has 0 saturated carbocycles. The Hall–Kier alpha value is -5.50. The van der Waals surface area contributed by atoms with Crippen molar-refractivity contribution < 1.29 is 43.7 Å². The molecular formula is C37H38ClFN8O8S2. The lowest BCUT2D eigenvalue weighted by Gasteiger charge is -2.49. The maximum atomic E-state index is 15.1. The van der Waals surface area contributed by atoms with Crippen LogP contribution in [0.5, 0.6) is 0 Å². The number of carbonyl (C=O) groups excluding carboxylic acids is 2. The summed E-state index contributed by atoms with van der Waals surface area (Å²) in [4.78, 5) is 65.0. The highest BCUT2D eigenvalue weighted by molar-refractivity contribution is 8.00. The number of nitrogens with two attached hydrogens (primary N) is 1. The van der Waals surface area contributed by atoms with Crippen molar-refractivity contribution >= 4 is 75.0 Å². The molecule has 5 heterocycles. The molecule has 2 unspecified atom stereocenters. The van der Waals surface area contributed by atoms with Gasteiger partial charge in [-0.1, -0.05) is 58.5 Å². The van der Waals surface area contributed by atoms with E-state index in [9.17, 15) is 34.5 Å². The summed E-state index contributed by atoms with van der Waals surface area (Å²) < 4.78 is 15.0. The number of carbonyl (C=O) groups is 4. The van der Waals surface area contributed by atoms with Gasteiger partial charge in [0.05, 0.1) is 18.7 Å². The molecule has 0 bridgehead atoms. The minimum absolute atomic E-state index is 0.0108. The van der Waals surface area contributed by atoms with Gasteiger partial charge in [0, 0.05) is 35.8 Å². The third kappa shape index (κ3) is 8.32. The van der Waals surface area contributed by atoms with Crippen molar-refractivity contribution in [1.29, 1.82) is 5.41 Å². The Morgan fingerprint density at radius 3 is 2.70 bits per heavy atom. The molecular weight excluding hydrogens is 803 g/mol. The Kier molecular flexibility index (Phi) is 11.9. The van der Waals surface area contributed by atoms with E-state index in [2.05, 4.69) is 22.0 Å². The Bertz CT molecular complexity index is 2200. The van der Waals surface area contributed by atoms with Crippen LogP contribution in [0.2, 0.25) is 4.34 Å². The number of aliphatic carboxylic acids is 2.